The van der Waals surface area contributed by atoms with Crippen LogP contribution in [0.3, 0.4) is 0 Å². The monoisotopic (exact) mass is 372 g/mol. The van der Waals surface area contributed by atoms with Gasteiger partial charge in [-0.25, -0.2) is 0 Å². The van der Waals surface area contributed by atoms with Crippen molar-refractivity contribution in [3.05, 3.63) is 33.0 Å². The maximum absolute atomic E-state index is 9.65. The first-order valence-corrected chi connectivity index (χ1v) is 5.07. The standard InChI is InChI=1S/C9H5ClINO.Cu/c10-6-4-7(11)9(13)8-5(6)2-1-3-12-8;/h1-4,13H;/i;1+3. The zero-order valence-electron chi connectivity index (χ0n) is 6.76. The molecule has 0 amide bonds. The van der Waals surface area contributed by atoms with E-state index in [1.165, 1.54) is 0 Å². The van der Waals surface area contributed by atoms with Crippen molar-refractivity contribution in [1.82, 2.24) is 4.98 Å². The molecule has 0 spiro atoms. The molecule has 2 aromatic rings. The number of pyridine rings is 1. The number of benzene rings is 1. The molecule has 5 heteroatoms. The van der Waals surface area contributed by atoms with Crippen LogP contribution in [-0.2, 0) is 17.1 Å². The van der Waals surface area contributed by atoms with Crippen molar-refractivity contribution in [1.29, 1.82) is 0 Å². The maximum atomic E-state index is 9.65. The van der Waals surface area contributed by atoms with Crippen LogP contribution in [0, 0.1) is 3.57 Å². The van der Waals surface area contributed by atoms with Gasteiger partial charge in [0.1, 0.15) is 5.52 Å². The van der Waals surface area contributed by atoms with Gasteiger partial charge in [0, 0.05) is 28.7 Å². The third-order valence-corrected chi connectivity index (χ3v) is 2.90. The average molecular weight is 372 g/mol. The van der Waals surface area contributed by atoms with E-state index < -0.39 is 0 Å². The quantitative estimate of drug-likeness (QED) is 0.569. The van der Waals surface area contributed by atoms with Crippen LogP contribution in [0.5, 0.6) is 5.75 Å². The first-order chi connectivity index (χ1) is 6.20. The zero-order chi connectivity index (χ0) is 9.42. The molecule has 0 saturated heterocycles. The van der Waals surface area contributed by atoms with Gasteiger partial charge in [-0.3, -0.25) is 4.98 Å². The Kier molecular flexibility index (Phi) is 4.01. The van der Waals surface area contributed by atoms with Gasteiger partial charge in [-0.2, -0.15) is 0 Å². The first-order valence-electron chi connectivity index (χ1n) is 3.62. The Morgan fingerprint density at radius 1 is 1.43 bits per heavy atom. The molecule has 0 aliphatic rings. The summed E-state index contributed by atoms with van der Waals surface area (Å²) in [5.74, 6) is 0.195. The summed E-state index contributed by atoms with van der Waals surface area (Å²) in [6.45, 7) is 0. The average Bonchev–Trinajstić information content (AvgIpc) is 2.15. The molecule has 0 unspecified atom stereocenters. The molecule has 2 rings (SSSR count). The Balaban J connectivity index is 0.000000980. The number of fused-ring (bicyclic) bond motifs is 1. The zero-order valence-corrected chi connectivity index (χ0v) is 10.6. The van der Waals surface area contributed by atoms with E-state index in [1.807, 2.05) is 28.7 Å². The number of aromatic hydroxyl groups is 1. The van der Waals surface area contributed by atoms with E-state index in [2.05, 4.69) is 4.98 Å². The van der Waals surface area contributed by atoms with Crippen LogP contribution >= 0.6 is 34.2 Å². The molecule has 0 aliphatic carbocycles. The Labute approximate surface area is 110 Å². The Morgan fingerprint density at radius 2 is 2.14 bits per heavy atom. The van der Waals surface area contributed by atoms with Crippen LogP contribution in [0.2, 0.25) is 5.02 Å². The van der Waals surface area contributed by atoms with Gasteiger partial charge in [-0.05, 0) is 40.8 Å². The molecule has 0 fully saturated rings. The second kappa shape index (κ2) is 4.66. The number of rotatable bonds is 0. The normalized spacial score (nSPS) is 9.86. The molecular formula is C9H5ClCuINO. The minimum absolute atomic E-state index is 0. The van der Waals surface area contributed by atoms with Crippen LogP contribution in [0.25, 0.3) is 10.9 Å². The molecule has 0 bridgehead atoms. The smallest absolute Gasteiger partial charge is 0.155 e. The van der Waals surface area contributed by atoms with E-state index in [1.54, 1.807) is 18.3 Å². The molecule has 14 heavy (non-hydrogen) atoms. The number of hydrogen-bond acceptors (Lipinski definition) is 2. The Morgan fingerprint density at radius 3 is 2.86 bits per heavy atom. The molecule has 77 valence electrons. The van der Waals surface area contributed by atoms with E-state index in [9.17, 15) is 5.11 Å². The third kappa shape index (κ3) is 1.98. The van der Waals surface area contributed by atoms with Crippen molar-refractivity contribution >= 4 is 45.1 Å². The number of phenols is 1. The minimum Gasteiger partial charge on any atom is -0.505 e. The molecule has 1 N–H and O–H groups in total. The van der Waals surface area contributed by atoms with Gasteiger partial charge in [0.05, 0.1) is 8.59 Å². The molecule has 2 nitrogen and oxygen atoms in total. The second-order valence-electron chi connectivity index (χ2n) is 2.59. The van der Waals surface area contributed by atoms with Gasteiger partial charge in [-0.1, -0.05) is 11.6 Å². The molecule has 1 aromatic heterocycles. The summed E-state index contributed by atoms with van der Waals surface area (Å²) in [5.41, 5.74) is 0.555. The molecule has 0 aliphatic heterocycles. The summed E-state index contributed by atoms with van der Waals surface area (Å²) in [5, 5.41) is 11.0. The SMILES string of the molecule is Oc1c(I)cc(Cl)c2cccnc12.[67Cu]. The van der Waals surface area contributed by atoms with Gasteiger partial charge in [0.2, 0.25) is 0 Å². The largest absolute Gasteiger partial charge is 0.505 e. The Bertz CT molecular complexity index is 478. The van der Waals surface area contributed by atoms with Gasteiger partial charge < -0.3 is 5.11 Å². The van der Waals surface area contributed by atoms with Crippen molar-refractivity contribution in [3.63, 3.8) is 0 Å². The fourth-order valence-corrected chi connectivity index (χ4v) is 2.17. The number of aromatic nitrogens is 1. The minimum atomic E-state index is 0. The second-order valence-corrected chi connectivity index (χ2v) is 4.16. The summed E-state index contributed by atoms with van der Waals surface area (Å²) >= 11 is 8.00. The number of hydrogen-bond donors (Lipinski definition) is 1. The maximum Gasteiger partial charge on any atom is 0.155 e. The molecule has 0 atom stereocenters. The van der Waals surface area contributed by atoms with E-state index in [0.29, 0.717) is 14.1 Å². The van der Waals surface area contributed by atoms with Crippen LogP contribution < -0.4 is 0 Å². The molecule has 0 saturated carbocycles. The summed E-state index contributed by atoms with van der Waals surface area (Å²) in [4.78, 5) is 4.06. The number of nitrogens with zero attached hydrogens (tertiary/aromatic N) is 1. The van der Waals surface area contributed by atoms with Gasteiger partial charge in [0.15, 0.2) is 5.75 Å². The van der Waals surface area contributed by atoms with Crippen LogP contribution in [-0.4, -0.2) is 10.1 Å². The summed E-state index contributed by atoms with van der Waals surface area (Å²) in [6, 6.07) is 5.35. The van der Waals surface area contributed by atoms with E-state index in [4.69, 9.17) is 11.6 Å². The van der Waals surface area contributed by atoms with E-state index >= 15 is 0 Å². The molecule has 1 aromatic carbocycles. The fraction of sp³-hybridized carbons (Fsp3) is 0. The summed E-state index contributed by atoms with van der Waals surface area (Å²) in [7, 11) is 0. The van der Waals surface area contributed by atoms with Gasteiger partial charge in [-0.15, -0.1) is 0 Å². The van der Waals surface area contributed by atoms with Crippen LogP contribution in [0.15, 0.2) is 24.4 Å². The van der Waals surface area contributed by atoms with Crippen molar-refractivity contribution in [3.8, 4) is 5.75 Å². The first kappa shape index (κ1) is 12.0. The number of phenolic OH excluding ortho intramolecular Hbond substituents is 1. The third-order valence-electron chi connectivity index (χ3n) is 1.77. The predicted octanol–water partition coefficient (Wildman–Crippen LogP) is 3.20. The van der Waals surface area contributed by atoms with Crippen LogP contribution in [0.4, 0.5) is 0 Å². The predicted molar refractivity (Wildman–Crippen MR) is 61.1 cm³/mol. The molecule has 1 heterocycles. The number of halogens is 2. The van der Waals surface area contributed by atoms with Crippen molar-refractivity contribution in [2.45, 2.75) is 0 Å². The van der Waals surface area contributed by atoms with Gasteiger partial charge >= 0.3 is 0 Å². The van der Waals surface area contributed by atoms with Crippen molar-refractivity contribution < 1.29 is 22.2 Å². The summed E-state index contributed by atoms with van der Waals surface area (Å²) in [6.07, 6.45) is 1.63. The molecule has 1 radical (unpaired) electrons. The van der Waals surface area contributed by atoms with Crippen LogP contribution in [0.1, 0.15) is 0 Å². The topological polar surface area (TPSA) is 33.1 Å². The van der Waals surface area contributed by atoms with Gasteiger partial charge in [0.25, 0.3) is 0 Å². The van der Waals surface area contributed by atoms with E-state index in [0.717, 1.165) is 5.39 Å². The van der Waals surface area contributed by atoms with Crippen molar-refractivity contribution in [2.75, 3.05) is 0 Å². The fourth-order valence-electron chi connectivity index (χ4n) is 1.16. The molecular weight excluding hydrogens is 367 g/mol. The van der Waals surface area contributed by atoms with E-state index in [-0.39, 0.29) is 22.8 Å². The van der Waals surface area contributed by atoms with Crippen molar-refractivity contribution in [2.24, 2.45) is 0 Å². The summed E-state index contributed by atoms with van der Waals surface area (Å²) < 4.78 is 0.716. The Hall–Kier alpha value is -0.0305.